The van der Waals surface area contributed by atoms with Gasteiger partial charge in [0, 0.05) is 0 Å². The number of nitrogens with two attached hydrogens (primary N) is 1. The van der Waals surface area contributed by atoms with Gasteiger partial charge in [0.1, 0.15) is 6.29 Å². The van der Waals surface area contributed by atoms with Crippen LogP contribution in [0.15, 0.2) is 0 Å². The summed E-state index contributed by atoms with van der Waals surface area (Å²) in [6.45, 7) is 3.54. The van der Waals surface area contributed by atoms with Gasteiger partial charge in [-0.1, -0.05) is 13.3 Å². The fraction of sp³-hybridized carbons (Fsp3) is 0.750. The van der Waals surface area contributed by atoms with Crippen molar-refractivity contribution in [2.75, 3.05) is 0 Å². The highest BCUT2D eigenvalue weighted by molar-refractivity contribution is 5.83. The van der Waals surface area contributed by atoms with Crippen LogP contribution in [-0.2, 0) is 9.59 Å². The zero-order valence-electron chi connectivity index (χ0n) is 7.54. The SMILES string of the molecule is CCC[C@@H](C=O)NC(=O)[C@H](C)N. The fourth-order valence-electron chi connectivity index (χ4n) is 0.799. The van der Waals surface area contributed by atoms with Gasteiger partial charge in [0.05, 0.1) is 12.1 Å². The average molecular weight is 172 g/mol. The van der Waals surface area contributed by atoms with Crippen LogP contribution < -0.4 is 11.1 Å². The molecule has 2 atom stereocenters. The summed E-state index contributed by atoms with van der Waals surface area (Å²) in [4.78, 5) is 21.4. The van der Waals surface area contributed by atoms with Crippen molar-refractivity contribution < 1.29 is 9.59 Å². The first-order valence-corrected chi connectivity index (χ1v) is 4.13. The molecule has 0 fully saturated rings. The predicted octanol–water partition coefficient (Wildman–Crippen LogP) is -0.183. The molecule has 0 rings (SSSR count). The molecule has 0 unspecified atom stereocenters. The maximum atomic E-state index is 11.0. The smallest absolute Gasteiger partial charge is 0.237 e. The van der Waals surface area contributed by atoms with E-state index in [2.05, 4.69) is 5.32 Å². The maximum absolute atomic E-state index is 11.0. The molecule has 0 aromatic rings. The second-order valence-electron chi connectivity index (χ2n) is 2.83. The van der Waals surface area contributed by atoms with Gasteiger partial charge in [0.2, 0.25) is 5.91 Å². The fourth-order valence-corrected chi connectivity index (χ4v) is 0.799. The first-order valence-electron chi connectivity index (χ1n) is 4.13. The Hall–Kier alpha value is -0.900. The van der Waals surface area contributed by atoms with Crippen LogP contribution in [-0.4, -0.2) is 24.3 Å². The monoisotopic (exact) mass is 172 g/mol. The molecular weight excluding hydrogens is 156 g/mol. The van der Waals surface area contributed by atoms with E-state index in [-0.39, 0.29) is 11.9 Å². The molecule has 0 saturated heterocycles. The number of carbonyl (C=O) groups is 2. The number of rotatable bonds is 5. The number of amides is 1. The highest BCUT2D eigenvalue weighted by atomic mass is 16.2. The van der Waals surface area contributed by atoms with E-state index in [0.717, 1.165) is 12.7 Å². The van der Waals surface area contributed by atoms with Crippen LogP contribution in [0.1, 0.15) is 26.7 Å². The molecule has 0 bridgehead atoms. The molecule has 70 valence electrons. The molecule has 0 spiro atoms. The van der Waals surface area contributed by atoms with Gasteiger partial charge < -0.3 is 15.8 Å². The van der Waals surface area contributed by atoms with Gasteiger partial charge in [-0.3, -0.25) is 4.79 Å². The summed E-state index contributed by atoms with van der Waals surface area (Å²) in [7, 11) is 0. The van der Waals surface area contributed by atoms with Gasteiger partial charge >= 0.3 is 0 Å². The molecule has 0 aliphatic carbocycles. The Bertz CT molecular complexity index is 157. The van der Waals surface area contributed by atoms with E-state index in [0.29, 0.717) is 6.42 Å². The van der Waals surface area contributed by atoms with Crippen molar-refractivity contribution in [3.8, 4) is 0 Å². The van der Waals surface area contributed by atoms with Gasteiger partial charge in [0.15, 0.2) is 0 Å². The van der Waals surface area contributed by atoms with Crippen molar-refractivity contribution in [2.45, 2.75) is 38.8 Å². The van der Waals surface area contributed by atoms with Crippen LogP contribution in [0.4, 0.5) is 0 Å². The van der Waals surface area contributed by atoms with Gasteiger partial charge in [0.25, 0.3) is 0 Å². The summed E-state index contributed by atoms with van der Waals surface area (Å²) in [5, 5.41) is 2.54. The van der Waals surface area contributed by atoms with Crippen LogP contribution in [0.25, 0.3) is 0 Å². The van der Waals surface area contributed by atoms with Gasteiger partial charge in [-0.2, -0.15) is 0 Å². The quantitative estimate of drug-likeness (QED) is 0.565. The van der Waals surface area contributed by atoms with Gasteiger partial charge in [-0.05, 0) is 13.3 Å². The van der Waals surface area contributed by atoms with Crippen molar-refractivity contribution in [1.29, 1.82) is 0 Å². The Morgan fingerprint density at radius 1 is 1.67 bits per heavy atom. The minimum atomic E-state index is -0.552. The van der Waals surface area contributed by atoms with E-state index in [4.69, 9.17) is 5.73 Å². The first-order chi connectivity index (χ1) is 5.61. The van der Waals surface area contributed by atoms with Crippen molar-refractivity contribution in [2.24, 2.45) is 5.73 Å². The van der Waals surface area contributed by atoms with Crippen molar-refractivity contribution in [1.82, 2.24) is 5.32 Å². The lowest BCUT2D eigenvalue weighted by molar-refractivity contribution is -0.124. The van der Waals surface area contributed by atoms with Gasteiger partial charge in [-0.25, -0.2) is 0 Å². The van der Waals surface area contributed by atoms with E-state index < -0.39 is 6.04 Å². The summed E-state index contributed by atoms with van der Waals surface area (Å²) in [5.41, 5.74) is 5.31. The number of carbonyl (C=O) groups excluding carboxylic acids is 2. The molecule has 0 aliphatic rings. The van der Waals surface area contributed by atoms with Crippen molar-refractivity contribution in [3.63, 3.8) is 0 Å². The van der Waals surface area contributed by atoms with Crippen LogP contribution >= 0.6 is 0 Å². The van der Waals surface area contributed by atoms with Crippen LogP contribution in [0.2, 0.25) is 0 Å². The number of nitrogens with one attached hydrogen (secondary N) is 1. The van der Waals surface area contributed by atoms with E-state index in [1.54, 1.807) is 6.92 Å². The molecule has 4 nitrogen and oxygen atoms in total. The molecule has 1 amide bonds. The van der Waals surface area contributed by atoms with E-state index in [1.165, 1.54) is 0 Å². The number of hydrogen-bond donors (Lipinski definition) is 2. The molecule has 0 aromatic heterocycles. The summed E-state index contributed by atoms with van der Waals surface area (Å²) in [6, 6.07) is -0.933. The Balaban J connectivity index is 3.85. The van der Waals surface area contributed by atoms with E-state index >= 15 is 0 Å². The first kappa shape index (κ1) is 11.1. The second kappa shape index (κ2) is 5.71. The number of hydrogen-bond acceptors (Lipinski definition) is 3. The molecule has 0 radical (unpaired) electrons. The minimum Gasteiger partial charge on any atom is -0.345 e. The minimum absolute atomic E-state index is 0.277. The lowest BCUT2D eigenvalue weighted by Crippen LogP contribution is -2.44. The standard InChI is InChI=1S/C8H16N2O2/c1-3-4-7(5-11)10-8(12)6(2)9/h5-7H,3-4,9H2,1-2H3,(H,10,12)/t6-,7-/m0/s1. The third kappa shape index (κ3) is 4.08. The number of aldehydes is 1. The van der Waals surface area contributed by atoms with Crippen molar-refractivity contribution in [3.05, 3.63) is 0 Å². The molecule has 0 saturated carbocycles. The Morgan fingerprint density at radius 2 is 2.25 bits per heavy atom. The highest BCUT2D eigenvalue weighted by Gasteiger charge is 2.12. The Morgan fingerprint density at radius 3 is 2.58 bits per heavy atom. The molecule has 3 N–H and O–H groups in total. The lowest BCUT2D eigenvalue weighted by Gasteiger charge is -2.12. The highest BCUT2D eigenvalue weighted by Crippen LogP contribution is 1.93. The van der Waals surface area contributed by atoms with Crippen LogP contribution in [0, 0.1) is 0 Å². The predicted molar refractivity (Wildman–Crippen MR) is 46.6 cm³/mol. The zero-order valence-corrected chi connectivity index (χ0v) is 7.54. The molecule has 0 aromatic carbocycles. The second-order valence-corrected chi connectivity index (χ2v) is 2.83. The van der Waals surface area contributed by atoms with Crippen LogP contribution in [0.5, 0.6) is 0 Å². The Labute approximate surface area is 72.5 Å². The average Bonchev–Trinajstić information content (AvgIpc) is 2.03. The Kier molecular flexibility index (Phi) is 5.28. The van der Waals surface area contributed by atoms with Gasteiger partial charge in [-0.15, -0.1) is 0 Å². The van der Waals surface area contributed by atoms with Crippen LogP contribution in [0.3, 0.4) is 0 Å². The largest absolute Gasteiger partial charge is 0.345 e. The summed E-state index contributed by atoms with van der Waals surface area (Å²) in [5.74, 6) is -0.277. The van der Waals surface area contributed by atoms with E-state index in [1.807, 2.05) is 6.92 Å². The summed E-state index contributed by atoms with van der Waals surface area (Å²) >= 11 is 0. The molecule has 0 aliphatic heterocycles. The third-order valence-corrected chi connectivity index (χ3v) is 1.51. The summed E-state index contributed by atoms with van der Waals surface area (Å²) in [6.07, 6.45) is 2.27. The molecule has 0 heterocycles. The maximum Gasteiger partial charge on any atom is 0.237 e. The molecule has 12 heavy (non-hydrogen) atoms. The summed E-state index contributed by atoms with van der Waals surface area (Å²) < 4.78 is 0. The van der Waals surface area contributed by atoms with Crippen molar-refractivity contribution >= 4 is 12.2 Å². The third-order valence-electron chi connectivity index (χ3n) is 1.51. The molecular formula is C8H16N2O2. The normalized spacial score (nSPS) is 14.9. The molecule has 4 heteroatoms. The topological polar surface area (TPSA) is 72.2 Å². The lowest BCUT2D eigenvalue weighted by atomic mass is 10.2. The van der Waals surface area contributed by atoms with E-state index in [9.17, 15) is 9.59 Å². The zero-order chi connectivity index (χ0) is 9.56.